The number of likely N-dealkylation sites (N-methyl/N-ethyl adjacent to an activating group) is 1. The van der Waals surface area contributed by atoms with E-state index in [1.165, 1.54) is 0 Å². The highest BCUT2D eigenvalue weighted by molar-refractivity contribution is 6.30. The number of nitrogen functional groups attached to an aromatic ring is 1. The Balaban J connectivity index is 2.46. The monoisotopic (exact) mass is 283 g/mol. The molecule has 0 aromatic heterocycles. The van der Waals surface area contributed by atoms with Crippen LogP contribution in [0.1, 0.15) is 19.4 Å². The van der Waals surface area contributed by atoms with Gasteiger partial charge in [0.05, 0.1) is 6.54 Å². The van der Waals surface area contributed by atoms with Gasteiger partial charge >= 0.3 is 0 Å². The molecule has 1 aromatic carbocycles. The first-order valence-corrected chi connectivity index (χ1v) is 6.75. The molecule has 1 aromatic rings. The first-order chi connectivity index (χ1) is 8.88. The molecule has 0 atom stereocenters. The lowest BCUT2D eigenvalue weighted by Crippen LogP contribution is -2.36. The van der Waals surface area contributed by atoms with Gasteiger partial charge in [0.2, 0.25) is 5.91 Å². The van der Waals surface area contributed by atoms with Crippen LogP contribution in [0, 0.1) is 5.92 Å². The smallest absolute Gasteiger partial charge is 0.234 e. The van der Waals surface area contributed by atoms with E-state index >= 15 is 0 Å². The van der Waals surface area contributed by atoms with Crippen LogP contribution >= 0.6 is 11.6 Å². The maximum absolute atomic E-state index is 11.7. The highest BCUT2D eigenvalue weighted by Gasteiger charge is 2.09. The van der Waals surface area contributed by atoms with Crippen molar-refractivity contribution >= 4 is 23.2 Å². The Morgan fingerprint density at radius 2 is 2.16 bits per heavy atom. The predicted octanol–water partition coefficient (Wildman–Crippen LogP) is 2.13. The van der Waals surface area contributed by atoms with Crippen LogP contribution in [0.15, 0.2) is 18.2 Å². The van der Waals surface area contributed by atoms with E-state index in [0.29, 0.717) is 36.3 Å². The number of carbonyl (C=O) groups is 1. The van der Waals surface area contributed by atoms with Crippen LogP contribution < -0.4 is 11.1 Å². The lowest BCUT2D eigenvalue weighted by molar-refractivity contribution is -0.122. The van der Waals surface area contributed by atoms with Crippen LogP contribution in [0.3, 0.4) is 0 Å². The fraction of sp³-hybridized carbons (Fsp3) is 0.500. The zero-order valence-corrected chi connectivity index (χ0v) is 12.5. The van der Waals surface area contributed by atoms with Gasteiger partial charge in [-0.25, -0.2) is 0 Å². The van der Waals surface area contributed by atoms with Crippen molar-refractivity contribution in [1.29, 1.82) is 0 Å². The molecule has 0 saturated carbocycles. The van der Waals surface area contributed by atoms with E-state index in [9.17, 15) is 4.79 Å². The molecule has 0 heterocycles. The largest absolute Gasteiger partial charge is 0.398 e. The van der Waals surface area contributed by atoms with Crippen LogP contribution in [-0.2, 0) is 11.3 Å². The van der Waals surface area contributed by atoms with E-state index in [2.05, 4.69) is 19.2 Å². The zero-order valence-electron chi connectivity index (χ0n) is 11.7. The van der Waals surface area contributed by atoms with Crippen molar-refractivity contribution in [2.24, 2.45) is 5.92 Å². The van der Waals surface area contributed by atoms with Crippen molar-refractivity contribution < 1.29 is 4.79 Å². The molecule has 0 fully saturated rings. The molecule has 0 unspecified atom stereocenters. The SMILES string of the molecule is CC(C)CNC(=O)CN(C)Cc1ccc(Cl)cc1N. The number of nitrogens with zero attached hydrogens (tertiary/aromatic N) is 1. The molecule has 0 aliphatic heterocycles. The average Bonchev–Trinajstić information content (AvgIpc) is 2.30. The number of hydrogen-bond acceptors (Lipinski definition) is 3. The van der Waals surface area contributed by atoms with E-state index in [1.54, 1.807) is 12.1 Å². The predicted molar refractivity (Wildman–Crippen MR) is 80.0 cm³/mol. The van der Waals surface area contributed by atoms with E-state index < -0.39 is 0 Å². The Hall–Kier alpha value is -1.26. The van der Waals surface area contributed by atoms with Crippen LogP contribution in [0.5, 0.6) is 0 Å². The summed E-state index contributed by atoms with van der Waals surface area (Å²) in [6, 6.07) is 5.42. The average molecular weight is 284 g/mol. The van der Waals surface area contributed by atoms with E-state index in [4.69, 9.17) is 17.3 Å². The summed E-state index contributed by atoms with van der Waals surface area (Å²) in [5.74, 6) is 0.491. The number of rotatable bonds is 6. The summed E-state index contributed by atoms with van der Waals surface area (Å²) >= 11 is 5.85. The standard InChI is InChI=1S/C14H22ClN3O/c1-10(2)7-17-14(19)9-18(3)8-11-4-5-12(15)6-13(11)16/h4-6,10H,7-9,16H2,1-3H3,(H,17,19). The summed E-state index contributed by atoms with van der Waals surface area (Å²) in [5, 5.41) is 3.51. The molecular weight excluding hydrogens is 262 g/mol. The molecule has 1 amide bonds. The van der Waals surface area contributed by atoms with Gasteiger partial charge in [0.25, 0.3) is 0 Å². The van der Waals surface area contributed by atoms with Crippen LogP contribution in [0.2, 0.25) is 5.02 Å². The van der Waals surface area contributed by atoms with E-state index in [-0.39, 0.29) is 5.91 Å². The Morgan fingerprint density at radius 1 is 1.47 bits per heavy atom. The van der Waals surface area contributed by atoms with Gasteiger partial charge in [-0.2, -0.15) is 0 Å². The Labute approximate surface area is 119 Å². The minimum absolute atomic E-state index is 0.0312. The van der Waals surface area contributed by atoms with Gasteiger partial charge in [0.15, 0.2) is 0 Å². The number of benzene rings is 1. The topological polar surface area (TPSA) is 58.4 Å². The fourth-order valence-corrected chi connectivity index (χ4v) is 1.86. The molecule has 1 rings (SSSR count). The summed E-state index contributed by atoms with van der Waals surface area (Å²) in [5.41, 5.74) is 7.52. The zero-order chi connectivity index (χ0) is 14.4. The quantitative estimate of drug-likeness (QED) is 0.787. The number of anilines is 1. The lowest BCUT2D eigenvalue weighted by Gasteiger charge is -2.18. The first kappa shape index (κ1) is 15.8. The van der Waals surface area contributed by atoms with Crippen molar-refractivity contribution in [2.45, 2.75) is 20.4 Å². The Bertz CT molecular complexity index is 435. The summed E-state index contributed by atoms with van der Waals surface area (Å²) in [4.78, 5) is 13.6. The second-order valence-electron chi connectivity index (χ2n) is 5.21. The van der Waals surface area contributed by atoms with Crippen molar-refractivity contribution in [3.63, 3.8) is 0 Å². The summed E-state index contributed by atoms with van der Waals surface area (Å²) in [6.07, 6.45) is 0. The highest BCUT2D eigenvalue weighted by atomic mass is 35.5. The normalized spacial score (nSPS) is 11.1. The third-order valence-corrected chi connectivity index (χ3v) is 2.90. The van der Waals surface area contributed by atoms with Gasteiger partial charge < -0.3 is 11.1 Å². The van der Waals surface area contributed by atoms with Crippen molar-refractivity contribution in [2.75, 3.05) is 25.9 Å². The molecule has 3 N–H and O–H groups in total. The maximum Gasteiger partial charge on any atom is 0.234 e. The maximum atomic E-state index is 11.7. The molecule has 106 valence electrons. The van der Waals surface area contributed by atoms with Crippen molar-refractivity contribution in [1.82, 2.24) is 10.2 Å². The van der Waals surface area contributed by atoms with Gasteiger partial charge in [-0.05, 0) is 30.7 Å². The first-order valence-electron chi connectivity index (χ1n) is 6.37. The van der Waals surface area contributed by atoms with Crippen molar-refractivity contribution in [3.8, 4) is 0 Å². The number of hydrogen-bond donors (Lipinski definition) is 2. The second-order valence-corrected chi connectivity index (χ2v) is 5.65. The second kappa shape index (κ2) is 7.36. The summed E-state index contributed by atoms with van der Waals surface area (Å²) < 4.78 is 0. The van der Waals surface area contributed by atoms with E-state index in [0.717, 1.165) is 5.56 Å². The molecule has 0 radical (unpaired) electrons. The number of amides is 1. The molecule has 5 heteroatoms. The number of carbonyl (C=O) groups excluding carboxylic acids is 1. The molecule has 0 bridgehead atoms. The van der Waals surface area contributed by atoms with Crippen LogP contribution in [0.4, 0.5) is 5.69 Å². The third-order valence-electron chi connectivity index (χ3n) is 2.67. The van der Waals surface area contributed by atoms with Gasteiger partial charge in [0.1, 0.15) is 0 Å². The molecular formula is C14H22ClN3O. The lowest BCUT2D eigenvalue weighted by atomic mass is 10.1. The summed E-state index contributed by atoms with van der Waals surface area (Å²) in [6.45, 7) is 5.82. The number of nitrogens with one attached hydrogen (secondary N) is 1. The molecule has 19 heavy (non-hydrogen) atoms. The Morgan fingerprint density at radius 3 is 2.74 bits per heavy atom. The molecule has 0 spiro atoms. The minimum Gasteiger partial charge on any atom is -0.398 e. The van der Waals surface area contributed by atoms with Gasteiger partial charge in [-0.15, -0.1) is 0 Å². The Kier molecular flexibility index (Phi) is 6.12. The van der Waals surface area contributed by atoms with E-state index in [1.807, 2.05) is 18.0 Å². The van der Waals surface area contributed by atoms with Gasteiger partial charge in [0, 0.05) is 23.8 Å². The van der Waals surface area contributed by atoms with Crippen molar-refractivity contribution in [3.05, 3.63) is 28.8 Å². The molecule has 4 nitrogen and oxygen atoms in total. The van der Waals surface area contributed by atoms with Crippen LogP contribution in [0.25, 0.3) is 0 Å². The molecule has 0 aliphatic rings. The minimum atomic E-state index is 0.0312. The molecule has 0 aliphatic carbocycles. The number of nitrogens with two attached hydrogens (primary N) is 1. The summed E-state index contributed by atoms with van der Waals surface area (Å²) in [7, 11) is 1.89. The number of halogens is 1. The van der Waals surface area contributed by atoms with Gasteiger partial charge in [-0.1, -0.05) is 31.5 Å². The fourth-order valence-electron chi connectivity index (χ4n) is 1.68. The highest BCUT2D eigenvalue weighted by Crippen LogP contribution is 2.18. The third kappa shape index (κ3) is 5.94. The van der Waals surface area contributed by atoms with Crippen LogP contribution in [-0.4, -0.2) is 30.9 Å². The van der Waals surface area contributed by atoms with Gasteiger partial charge in [-0.3, -0.25) is 9.69 Å². The molecule has 0 saturated heterocycles.